The number of fused-ring (bicyclic) bond motifs is 7. The first-order chi connectivity index (χ1) is 16.4. The van der Waals surface area contributed by atoms with Gasteiger partial charge in [0.1, 0.15) is 17.5 Å². The molecule has 3 heteroatoms. The van der Waals surface area contributed by atoms with E-state index in [2.05, 4.69) is 68.7 Å². The molecule has 0 amide bonds. The van der Waals surface area contributed by atoms with Crippen LogP contribution in [0.2, 0.25) is 0 Å². The molecule has 3 atom stereocenters. The van der Waals surface area contributed by atoms with Gasteiger partial charge in [0, 0.05) is 34.0 Å². The van der Waals surface area contributed by atoms with Gasteiger partial charge in [0.25, 0.3) is 0 Å². The lowest BCUT2D eigenvalue weighted by Gasteiger charge is -2.38. The van der Waals surface area contributed by atoms with E-state index in [1.807, 2.05) is 0 Å². The third kappa shape index (κ3) is 2.76. The maximum atomic E-state index is 6.63. The van der Waals surface area contributed by atoms with E-state index in [1.165, 1.54) is 75.9 Å². The smallest absolute Gasteiger partial charge is 0.136 e. The summed E-state index contributed by atoms with van der Waals surface area (Å²) in [6, 6.07) is 4.80. The molecule has 5 aliphatic rings. The highest BCUT2D eigenvalue weighted by molar-refractivity contribution is 5.88. The zero-order chi connectivity index (χ0) is 23.3. The quantitative estimate of drug-likeness (QED) is 0.432. The summed E-state index contributed by atoms with van der Waals surface area (Å²) in [5.41, 5.74) is 14.5. The number of rotatable bonds is 1. The summed E-state index contributed by atoms with van der Waals surface area (Å²) in [5, 5.41) is 1.33. The van der Waals surface area contributed by atoms with Crippen LogP contribution in [0.15, 0.2) is 56.4 Å². The van der Waals surface area contributed by atoms with Crippen LogP contribution in [0, 0.1) is 5.92 Å². The maximum Gasteiger partial charge on any atom is 0.136 e. The molecule has 0 saturated heterocycles. The summed E-state index contributed by atoms with van der Waals surface area (Å²) in [7, 11) is 0. The molecule has 0 saturated carbocycles. The number of hydrogen-bond donors (Lipinski definition) is 0. The van der Waals surface area contributed by atoms with Crippen molar-refractivity contribution < 1.29 is 4.42 Å². The average Bonchev–Trinajstić information content (AvgIpc) is 3.40. The van der Waals surface area contributed by atoms with Gasteiger partial charge in [-0.25, -0.2) is 0 Å². The Kier molecular flexibility index (Phi) is 4.36. The fourth-order valence-corrected chi connectivity index (χ4v) is 7.79. The van der Waals surface area contributed by atoms with E-state index in [0.717, 1.165) is 25.0 Å². The van der Waals surface area contributed by atoms with Crippen LogP contribution in [0.1, 0.15) is 108 Å². The monoisotopic (exact) mass is 452 g/mol. The lowest BCUT2D eigenvalue weighted by molar-refractivity contribution is 0.169. The van der Waals surface area contributed by atoms with Gasteiger partial charge in [-0.2, -0.15) is 0 Å². The molecule has 1 aromatic carbocycles. The van der Waals surface area contributed by atoms with Gasteiger partial charge in [0.05, 0.1) is 6.54 Å². The first-order valence-electron chi connectivity index (χ1n) is 13.3. The fraction of sp³-hybridized carbons (Fsp3) is 0.484. The van der Waals surface area contributed by atoms with Crippen molar-refractivity contribution in [3.05, 3.63) is 74.5 Å². The largest absolute Gasteiger partial charge is 0.459 e. The summed E-state index contributed by atoms with van der Waals surface area (Å²) < 4.78 is 6.63. The minimum Gasteiger partial charge on any atom is -0.459 e. The molecule has 34 heavy (non-hydrogen) atoms. The number of hydrogen-bond acceptors (Lipinski definition) is 3. The number of allylic oxidation sites excluding steroid dienone is 7. The highest BCUT2D eigenvalue weighted by Crippen LogP contribution is 2.56. The zero-order valence-electron chi connectivity index (χ0n) is 21.3. The molecular formula is C31H36N2O. The predicted octanol–water partition coefficient (Wildman–Crippen LogP) is 8.52. The molecule has 3 heterocycles. The lowest BCUT2D eigenvalue weighted by Crippen LogP contribution is -2.32. The predicted molar refractivity (Wildman–Crippen MR) is 139 cm³/mol. The Hall–Kier alpha value is -2.68. The average molecular weight is 453 g/mol. The van der Waals surface area contributed by atoms with Gasteiger partial charge < -0.3 is 14.2 Å². The van der Waals surface area contributed by atoms with Gasteiger partial charge in [-0.3, -0.25) is 0 Å². The number of benzene rings is 1. The second-order valence-electron chi connectivity index (χ2n) is 11.6. The second-order valence-corrected chi connectivity index (χ2v) is 11.6. The first-order valence-corrected chi connectivity index (χ1v) is 13.3. The minimum atomic E-state index is 0.252. The maximum absolute atomic E-state index is 6.63. The molecule has 0 spiro atoms. The van der Waals surface area contributed by atoms with Gasteiger partial charge in [-0.15, -0.1) is 0 Å². The van der Waals surface area contributed by atoms with E-state index in [1.54, 1.807) is 11.4 Å². The van der Waals surface area contributed by atoms with Crippen LogP contribution in [-0.2, 0) is 6.54 Å². The summed E-state index contributed by atoms with van der Waals surface area (Å²) in [6.45, 7) is 12.6. The number of nitrogens with zero attached hydrogens (tertiary/aromatic N) is 2. The fourth-order valence-electron chi connectivity index (χ4n) is 7.79. The SMILES string of the molecule is CC1=CC(C)=C(N2C3=C(CCCC3)N3Cc4oc5cc6c(cc5c4C32)C=C(C)CC6C)C(C)C1. The highest BCUT2D eigenvalue weighted by atomic mass is 16.3. The lowest BCUT2D eigenvalue weighted by atomic mass is 9.84. The van der Waals surface area contributed by atoms with Gasteiger partial charge in [0.2, 0.25) is 0 Å². The Bertz CT molecular complexity index is 1360. The topological polar surface area (TPSA) is 19.6 Å². The summed E-state index contributed by atoms with van der Waals surface area (Å²) >= 11 is 0. The van der Waals surface area contributed by atoms with Crippen LogP contribution in [-0.4, -0.2) is 9.80 Å². The van der Waals surface area contributed by atoms with Crippen molar-refractivity contribution >= 4 is 17.0 Å². The third-order valence-corrected chi connectivity index (χ3v) is 8.95. The standard InChI is InChI=1S/C31H36N2O/c1-17-11-20(4)30(21(5)12-17)33-26-9-7-6-8-25(26)32-16-28-29(31(32)33)24-14-22-13-18(2)10-19(3)23(22)15-27(24)34-28/h11,13-15,19,21,31H,6-10,12,16H2,1-5H3. The van der Waals surface area contributed by atoms with E-state index >= 15 is 0 Å². The van der Waals surface area contributed by atoms with Crippen molar-refractivity contribution in [2.24, 2.45) is 5.92 Å². The Labute approximate surface area is 203 Å². The van der Waals surface area contributed by atoms with Crippen molar-refractivity contribution in [3.8, 4) is 0 Å². The van der Waals surface area contributed by atoms with Crippen molar-refractivity contribution in [3.63, 3.8) is 0 Å². The Morgan fingerprint density at radius 3 is 2.41 bits per heavy atom. The Morgan fingerprint density at radius 2 is 1.62 bits per heavy atom. The molecule has 176 valence electrons. The molecule has 0 N–H and O–H groups in total. The molecular weight excluding hydrogens is 416 g/mol. The summed E-state index contributed by atoms with van der Waals surface area (Å²) in [4.78, 5) is 5.45. The van der Waals surface area contributed by atoms with Crippen molar-refractivity contribution in [2.75, 3.05) is 0 Å². The molecule has 0 bridgehead atoms. The number of furan rings is 1. The molecule has 7 rings (SSSR count). The van der Waals surface area contributed by atoms with Crippen molar-refractivity contribution in [2.45, 2.75) is 91.8 Å². The molecule has 0 fully saturated rings. The van der Waals surface area contributed by atoms with Gasteiger partial charge in [-0.05, 0) is 94.0 Å². The molecule has 2 aromatic rings. The minimum absolute atomic E-state index is 0.252. The van der Waals surface area contributed by atoms with E-state index in [4.69, 9.17) is 4.42 Å². The van der Waals surface area contributed by atoms with Crippen molar-refractivity contribution in [1.29, 1.82) is 0 Å². The van der Waals surface area contributed by atoms with E-state index < -0.39 is 0 Å². The first kappa shape index (κ1) is 20.7. The van der Waals surface area contributed by atoms with E-state index in [0.29, 0.717) is 11.8 Å². The van der Waals surface area contributed by atoms with Crippen LogP contribution in [0.3, 0.4) is 0 Å². The van der Waals surface area contributed by atoms with E-state index in [9.17, 15) is 0 Å². The molecule has 3 aliphatic carbocycles. The van der Waals surface area contributed by atoms with Gasteiger partial charge in [0.15, 0.2) is 0 Å². The molecule has 0 radical (unpaired) electrons. The third-order valence-electron chi connectivity index (χ3n) is 8.95. The van der Waals surface area contributed by atoms with Crippen LogP contribution in [0.25, 0.3) is 17.0 Å². The van der Waals surface area contributed by atoms with Crippen LogP contribution in [0.4, 0.5) is 0 Å². The molecule has 3 unspecified atom stereocenters. The van der Waals surface area contributed by atoms with Gasteiger partial charge >= 0.3 is 0 Å². The Balaban J connectivity index is 1.43. The van der Waals surface area contributed by atoms with Crippen LogP contribution < -0.4 is 0 Å². The summed E-state index contributed by atoms with van der Waals surface area (Å²) in [5.74, 6) is 2.29. The van der Waals surface area contributed by atoms with Crippen molar-refractivity contribution in [1.82, 2.24) is 9.80 Å². The second kappa shape index (κ2) is 7.16. The molecule has 1 aromatic heterocycles. The van der Waals surface area contributed by atoms with Crippen LogP contribution >= 0.6 is 0 Å². The molecule has 2 aliphatic heterocycles. The normalized spacial score (nSPS) is 28.2. The highest BCUT2D eigenvalue weighted by Gasteiger charge is 2.49. The summed E-state index contributed by atoms with van der Waals surface area (Å²) in [6.07, 6.45) is 12.4. The van der Waals surface area contributed by atoms with Gasteiger partial charge in [-0.1, -0.05) is 37.1 Å². The Morgan fingerprint density at radius 1 is 0.882 bits per heavy atom. The molecule has 3 nitrogen and oxygen atoms in total. The zero-order valence-corrected chi connectivity index (χ0v) is 21.3. The van der Waals surface area contributed by atoms with E-state index in [-0.39, 0.29) is 6.17 Å². The van der Waals surface area contributed by atoms with Crippen LogP contribution in [0.5, 0.6) is 0 Å².